The molecule has 0 spiro atoms. The predicted octanol–water partition coefficient (Wildman–Crippen LogP) is 4.42. The van der Waals surface area contributed by atoms with Crippen LogP contribution in [0.1, 0.15) is 22.6 Å². The first-order chi connectivity index (χ1) is 10.3. The second-order valence-corrected chi connectivity index (χ2v) is 6.02. The summed E-state index contributed by atoms with van der Waals surface area (Å²) >= 11 is 0. The molecule has 1 atom stereocenters. The molecule has 1 aliphatic heterocycles. The van der Waals surface area contributed by atoms with Crippen molar-refractivity contribution in [2.24, 2.45) is 0 Å². The number of nitrogens with zero attached hydrogens (tertiary/aromatic N) is 1. The van der Waals surface area contributed by atoms with Crippen LogP contribution >= 0.6 is 0 Å². The number of rotatable bonds is 1. The fraction of sp³-hybridized carbons (Fsp3) is 0.200. The molecule has 1 heterocycles. The summed E-state index contributed by atoms with van der Waals surface area (Å²) in [4.78, 5) is 2.43. The van der Waals surface area contributed by atoms with E-state index in [2.05, 4.69) is 78.7 Å². The van der Waals surface area contributed by atoms with Crippen molar-refractivity contribution < 1.29 is 0 Å². The third-order valence-corrected chi connectivity index (χ3v) is 4.56. The molecule has 4 rings (SSSR count). The van der Waals surface area contributed by atoms with Gasteiger partial charge < -0.3 is 4.90 Å². The highest BCUT2D eigenvalue weighted by atomic mass is 15.1. The summed E-state index contributed by atoms with van der Waals surface area (Å²) in [7, 11) is 2.22. The van der Waals surface area contributed by atoms with Crippen LogP contribution in [0.4, 0.5) is 0 Å². The zero-order valence-electron chi connectivity index (χ0n) is 12.3. The fourth-order valence-corrected chi connectivity index (χ4v) is 3.60. The van der Waals surface area contributed by atoms with Gasteiger partial charge in [-0.15, -0.1) is 0 Å². The van der Waals surface area contributed by atoms with E-state index in [1.165, 1.54) is 27.5 Å². The maximum Gasteiger partial charge on any atom is 0.0234 e. The Kier molecular flexibility index (Phi) is 3.01. The minimum Gasteiger partial charge on any atom is -0.301 e. The number of hydrogen-bond acceptors (Lipinski definition) is 1. The maximum absolute atomic E-state index is 2.43. The van der Waals surface area contributed by atoms with Crippen LogP contribution in [0.5, 0.6) is 0 Å². The first-order valence-electron chi connectivity index (χ1n) is 7.57. The predicted molar refractivity (Wildman–Crippen MR) is 88.6 cm³/mol. The van der Waals surface area contributed by atoms with Gasteiger partial charge in [0, 0.05) is 19.0 Å². The number of hydrogen-bond donors (Lipinski definition) is 0. The van der Waals surface area contributed by atoms with E-state index in [0.29, 0.717) is 5.92 Å². The van der Waals surface area contributed by atoms with E-state index in [-0.39, 0.29) is 0 Å². The molecule has 0 saturated carbocycles. The Balaban J connectivity index is 1.93. The Morgan fingerprint density at radius 2 is 1.52 bits per heavy atom. The van der Waals surface area contributed by atoms with Crippen molar-refractivity contribution >= 4 is 10.8 Å². The standard InChI is InChI=1S/C20H19N/c1-21-13-16-8-3-5-11-18(16)20(14-21)19-12-6-9-15-7-2-4-10-17(15)19/h2-12,20H,13-14H2,1H3/t20-/m0/s1. The molecular weight excluding hydrogens is 254 g/mol. The highest BCUT2D eigenvalue weighted by molar-refractivity contribution is 5.86. The van der Waals surface area contributed by atoms with Crippen LogP contribution in [0, 0.1) is 0 Å². The zero-order valence-corrected chi connectivity index (χ0v) is 12.3. The molecule has 3 aromatic carbocycles. The first-order valence-corrected chi connectivity index (χ1v) is 7.57. The molecular formula is C20H19N. The molecule has 0 saturated heterocycles. The van der Waals surface area contributed by atoms with Gasteiger partial charge >= 0.3 is 0 Å². The molecule has 0 aliphatic carbocycles. The van der Waals surface area contributed by atoms with Crippen molar-refractivity contribution in [1.82, 2.24) is 4.90 Å². The monoisotopic (exact) mass is 273 g/mol. The summed E-state index contributed by atoms with van der Waals surface area (Å²) in [5.74, 6) is 0.464. The number of benzene rings is 3. The molecule has 0 amide bonds. The van der Waals surface area contributed by atoms with E-state index in [4.69, 9.17) is 0 Å². The van der Waals surface area contributed by atoms with Crippen molar-refractivity contribution in [3.63, 3.8) is 0 Å². The molecule has 0 aromatic heterocycles. The lowest BCUT2D eigenvalue weighted by atomic mass is 9.83. The summed E-state index contributed by atoms with van der Waals surface area (Å²) in [5.41, 5.74) is 4.41. The highest BCUT2D eigenvalue weighted by Crippen LogP contribution is 2.36. The van der Waals surface area contributed by atoms with Crippen molar-refractivity contribution in [1.29, 1.82) is 0 Å². The molecule has 0 bridgehead atoms. The van der Waals surface area contributed by atoms with Crippen LogP contribution in [-0.4, -0.2) is 18.5 Å². The van der Waals surface area contributed by atoms with Crippen LogP contribution in [0.25, 0.3) is 10.8 Å². The maximum atomic E-state index is 2.43. The minimum absolute atomic E-state index is 0.464. The van der Waals surface area contributed by atoms with Gasteiger partial charge in [-0.05, 0) is 34.5 Å². The van der Waals surface area contributed by atoms with Crippen LogP contribution in [0.2, 0.25) is 0 Å². The molecule has 0 N–H and O–H groups in total. The molecule has 0 radical (unpaired) electrons. The van der Waals surface area contributed by atoms with Crippen molar-refractivity contribution in [3.8, 4) is 0 Å². The molecule has 3 aromatic rings. The fourth-order valence-electron chi connectivity index (χ4n) is 3.60. The van der Waals surface area contributed by atoms with Crippen LogP contribution < -0.4 is 0 Å². The van der Waals surface area contributed by atoms with Gasteiger partial charge in [0.1, 0.15) is 0 Å². The first kappa shape index (κ1) is 12.6. The summed E-state index contributed by atoms with van der Waals surface area (Å²) < 4.78 is 0. The van der Waals surface area contributed by atoms with E-state index in [0.717, 1.165) is 13.1 Å². The highest BCUT2D eigenvalue weighted by Gasteiger charge is 2.25. The van der Waals surface area contributed by atoms with Crippen molar-refractivity contribution in [2.45, 2.75) is 12.5 Å². The zero-order chi connectivity index (χ0) is 14.2. The smallest absolute Gasteiger partial charge is 0.0234 e. The lowest BCUT2D eigenvalue weighted by Gasteiger charge is -2.33. The minimum atomic E-state index is 0.464. The van der Waals surface area contributed by atoms with E-state index >= 15 is 0 Å². The third-order valence-electron chi connectivity index (χ3n) is 4.56. The molecule has 21 heavy (non-hydrogen) atoms. The van der Waals surface area contributed by atoms with Gasteiger partial charge in [0.05, 0.1) is 0 Å². The average molecular weight is 273 g/mol. The molecule has 1 nitrogen and oxygen atoms in total. The quantitative estimate of drug-likeness (QED) is 0.634. The van der Waals surface area contributed by atoms with E-state index < -0.39 is 0 Å². The van der Waals surface area contributed by atoms with Crippen LogP contribution in [-0.2, 0) is 6.54 Å². The van der Waals surface area contributed by atoms with Gasteiger partial charge in [0.2, 0.25) is 0 Å². The lowest BCUT2D eigenvalue weighted by Crippen LogP contribution is -2.30. The molecule has 0 unspecified atom stereocenters. The second kappa shape index (κ2) is 5.01. The largest absolute Gasteiger partial charge is 0.301 e. The summed E-state index contributed by atoms with van der Waals surface area (Å²) in [5, 5.41) is 2.72. The van der Waals surface area contributed by atoms with Crippen molar-refractivity contribution in [3.05, 3.63) is 83.4 Å². The molecule has 1 heteroatoms. The van der Waals surface area contributed by atoms with Gasteiger partial charge in [-0.3, -0.25) is 0 Å². The number of fused-ring (bicyclic) bond motifs is 2. The normalized spacial score (nSPS) is 18.6. The summed E-state index contributed by atoms with van der Waals surface area (Å²) in [6.07, 6.45) is 0. The second-order valence-electron chi connectivity index (χ2n) is 6.02. The topological polar surface area (TPSA) is 3.24 Å². The summed E-state index contributed by atoms with van der Waals surface area (Å²) in [6, 6.07) is 24.3. The van der Waals surface area contributed by atoms with Gasteiger partial charge in [0.25, 0.3) is 0 Å². The van der Waals surface area contributed by atoms with E-state index in [1.54, 1.807) is 0 Å². The van der Waals surface area contributed by atoms with Crippen molar-refractivity contribution in [2.75, 3.05) is 13.6 Å². The molecule has 0 fully saturated rings. The van der Waals surface area contributed by atoms with Crippen LogP contribution in [0.15, 0.2) is 66.7 Å². The Hall–Kier alpha value is -2.12. The molecule has 104 valence electrons. The Bertz CT molecular complexity index is 785. The SMILES string of the molecule is CN1Cc2ccccc2[C@@H](c2cccc3ccccc23)C1. The third kappa shape index (κ3) is 2.14. The van der Waals surface area contributed by atoms with Crippen LogP contribution in [0.3, 0.4) is 0 Å². The van der Waals surface area contributed by atoms with Gasteiger partial charge in [-0.2, -0.15) is 0 Å². The van der Waals surface area contributed by atoms with E-state index in [1.807, 2.05) is 0 Å². The van der Waals surface area contributed by atoms with Gasteiger partial charge in [0.15, 0.2) is 0 Å². The Morgan fingerprint density at radius 1 is 0.810 bits per heavy atom. The Morgan fingerprint density at radius 3 is 2.48 bits per heavy atom. The van der Waals surface area contributed by atoms with Gasteiger partial charge in [-0.25, -0.2) is 0 Å². The Labute approximate surface area is 125 Å². The molecule has 1 aliphatic rings. The lowest BCUT2D eigenvalue weighted by molar-refractivity contribution is 0.296. The van der Waals surface area contributed by atoms with E-state index in [9.17, 15) is 0 Å². The average Bonchev–Trinajstić information content (AvgIpc) is 2.53. The summed E-state index contributed by atoms with van der Waals surface area (Å²) in [6.45, 7) is 2.14. The van der Waals surface area contributed by atoms with Gasteiger partial charge in [-0.1, -0.05) is 66.7 Å². The number of likely N-dealkylation sites (N-methyl/N-ethyl adjacent to an activating group) is 1.